The first-order chi connectivity index (χ1) is 14.7. The van der Waals surface area contributed by atoms with E-state index >= 15 is 0 Å². The molecule has 30 heavy (non-hydrogen) atoms. The van der Waals surface area contributed by atoms with Gasteiger partial charge in [0.2, 0.25) is 0 Å². The van der Waals surface area contributed by atoms with Gasteiger partial charge < -0.3 is 19.3 Å². The summed E-state index contributed by atoms with van der Waals surface area (Å²) in [5.41, 5.74) is 2.84. The number of hydrogen-bond acceptors (Lipinski definition) is 6. The van der Waals surface area contributed by atoms with Gasteiger partial charge in [0.25, 0.3) is 5.91 Å². The molecule has 0 unspecified atom stereocenters. The van der Waals surface area contributed by atoms with Crippen LogP contribution in [0.5, 0.6) is 5.75 Å². The van der Waals surface area contributed by atoms with Crippen LogP contribution < -0.4 is 9.64 Å². The summed E-state index contributed by atoms with van der Waals surface area (Å²) in [7, 11) is 1.68. The standard InChI is InChI=1S/C23H30N4O3/c1-29-21-5-3-19(4-6-21)18-25-9-2-10-27(12-11-25)23(28)22-17-20(7-8-24-22)26-13-15-30-16-14-26/h3-8,17H,2,9-16,18H2,1H3. The van der Waals surface area contributed by atoms with Crippen molar-refractivity contribution < 1.29 is 14.3 Å². The molecular weight excluding hydrogens is 380 g/mol. The van der Waals surface area contributed by atoms with Gasteiger partial charge in [-0.05, 0) is 36.2 Å². The van der Waals surface area contributed by atoms with Gasteiger partial charge in [0, 0.05) is 57.7 Å². The number of hydrogen-bond donors (Lipinski definition) is 0. The summed E-state index contributed by atoms with van der Waals surface area (Å²) < 4.78 is 10.7. The third-order valence-corrected chi connectivity index (χ3v) is 5.78. The molecule has 2 fully saturated rings. The van der Waals surface area contributed by atoms with E-state index in [1.807, 2.05) is 29.2 Å². The number of ether oxygens (including phenoxy) is 2. The van der Waals surface area contributed by atoms with Crippen LogP contribution in [0.15, 0.2) is 42.6 Å². The summed E-state index contributed by atoms with van der Waals surface area (Å²) in [6.45, 7) is 7.36. The molecule has 2 aromatic rings. The third-order valence-electron chi connectivity index (χ3n) is 5.78. The molecule has 160 valence electrons. The number of carbonyl (C=O) groups is 1. The summed E-state index contributed by atoms with van der Waals surface area (Å²) in [5, 5.41) is 0. The average Bonchev–Trinajstić information content (AvgIpc) is 3.05. The Hall–Kier alpha value is -2.64. The fourth-order valence-corrected chi connectivity index (χ4v) is 4.04. The lowest BCUT2D eigenvalue weighted by molar-refractivity contribution is 0.0755. The number of pyridine rings is 1. The number of aromatic nitrogens is 1. The molecule has 0 atom stereocenters. The van der Waals surface area contributed by atoms with Crippen LogP contribution in [0, 0.1) is 0 Å². The lowest BCUT2D eigenvalue weighted by atomic mass is 10.2. The van der Waals surface area contributed by atoms with E-state index in [1.165, 1.54) is 5.56 Å². The van der Waals surface area contributed by atoms with E-state index in [9.17, 15) is 4.79 Å². The van der Waals surface area contributed by atoms with Crippen LogP contribution in [0.3, 0.4) is 0 Å². The minimum absolute atomic E-state index is 0.0245. The Morgan fingerprint density at radius 2 is 1.83 bits per heavy atom. The normalized spacial score (nSPS) is 18.2. The monoisotopic (exact) mass is 410 g/mol. The van der Waals surface area contributed by atoms with Crippen molar-refractivity contribution in [2.45, 2.75) is 13.0 Å². The first kappa shape index (κ1) is 20.6. The number of carbonyl (C=O) groups excluding carboxylic acids is 1. The van der Waals surface area contributed by atoms with Gasteiger partial charge in [0.1, 0.15) is 11.4 Å². The zero-order valence-corrected chi connectivity index (χ0v) is 17.6. The Bertz CT molecular complexity index is 837. The highest BCUT2D eigenvalue weighted by Gasteiger charge is 2.22. The number of morpholine rings is 1. The Morgan fingerprint density at radius 1 is 1.03 bits per heavy atom. The van der Waals surface area contributed by atoms with Crippen LogP contribution in [0.25, 0.3) is 0 Å². The molecule has 3 heterocycles. The number of methoxy groups -OCH3 is 1. The van der Waals surface area contributed by atoms with E-state index in [0.717, 1.165) is 76.9 Å². The van der Waals surface area contributed by atoms with Gasteiger partial charge in [-0.2, -0.15) is 0 Å². The summed E-state index contributed by atoms with van der Waals surface area (Å²) in [5.74, 6) is 0.898. The zero-order chi connectivity index (χ0) is 20.8. The summed E-state index contributed by atoms with van der Waals surface area (Å²) in [4.78, 5) is 24.1. The minimum Gasteiger partial charge on any atom is -0.497 e. The minimum atomic E-state index is 0.0245. The molecule has 1 amide bonds. The maximum absolute atomic E-state index is 13.1. The highest BCUT2D eigenvalue weighted by Crippen LogP contribution is 2.18. The van der Waals surface area contributed by atoms with Gasteiger partial charge in [0.05, 0.1) is 20.3 Å². The second-order valence-corrected chi connectivity index (χ2v) is 7.77. The van der Waals surface area contributed by atoms with Gasteiger partial charge >= 0.3 is 0 Å². The van der Waals surface area contributed by atoms with Crippen molar-refractivity contribution in [2.75, 3.05) is 64.5 Å². The molecule has 1 aromatic heterocycles. The SMILES string of the molecule is COc1ccc(CN2CCCN(C(=O)c3cc(N4CCOCC4)ccn3)CC2)cc1. The van der Waals surface area contributed by atoms with Crippen LogP contribution >= 0.6 is 0 Å². The van der Waals surface area contributed by atoms with Crippen molar-refractivity contribution in [2.24, 2.45) is 0 Å². The summed E-state index contributed by atoms with van der Waals surface area (Å²) in [6, 6.07) is 12.1. The molecule has 0 spiro atoms. The molecular formula is C23H30N4O3. The maximum Gasteiger partial charge on any atom is 0.272 e. The molecule has 2 aliphatic heterocycles. The largest absolute Gasteiger partial charge is 0.497 e. The zero-order valence-electron chi connectivity index (χ0n) is 17.6. The smallest absolute Gasteiger partial charge is 0.272 e. The third kappa shape index (κ3) is 5.09. The van der Waals surface area contributed by atoms with Crippen molar-refractivity contribution in [1.29, 1.82) is 0 Å². The van der Waals surface area contributed by atoms with E-state index in [1.54, 1.807) is 13.3 Å². The summed E-state index contributed by atoms with van der Waals surface area (Å²) in [6.07, 6.45) is 2.71. The average molecular weight is 411 g/mol. The van der Waals surface area contributed by atoms with Crippen LogP contribution in [-0.2, 0) is 11.3 Å². The molecule has 2 saturated heterocycles. The number of amides is 1. The molecule has 7 heteroatoms. The van der Waals surface area contributed by atoms with E-state index in [0.29, 0.717) is 5.69 Å². The number of anilines is 1. The highest BCUT2D eigenvalue weighted by molar-refractivity contribution is 5.93. The maximum atomic E-state index is 13.1. The van der Waals surface area contributed by atoms with Gasteiger partial charge in [-0.3, -0.25) is 14.7 Å². The van der Waals surface area contributed by atoms with Crippen molar-refractivity contribution in [3.8, 4) is 5.75 Å². The predicted octanol–water partition coefficient (Wildman–Crippen LogP) is 2.27. The van der Waals surface area contributed by atoms with Gasteiger partial charge in [-0.15, -0.1) is 0 Å². The van der Waals surface area contributed by atoms with Crippen LogP contribution in [0.2, 0.25) is 0 Å². The molecule has 0 aliphatic carbocycles. The fourth-order valence-electron chi connectivity index (χ4n) is 4.04. The van der Waals surface area contributed by atoms with Gasteiger partial charge in [-0.25, -0.2) is 0 Å². The van der Waals surface area contributed by atoms with E-state index < -0.39 is 0 Å². The van der Waals surface area contributed by atoms with Crippen LogP contribution in [-0.4, -0.2) is 80.3 Å². The summed E-state index contributed by atoms with van der Waals surface area (Å²) >= 11 is 0. The van der Waals surface area contributed by atoms with E-state index in [4.69, 9.17) is 9.47 Å². The van der Waals surface area contributed by atoms with E-state index in [-0.39, 0.29) is 5.91 Å². The molecule has 0 saturated carbocycles. The number of benzene rings is 1. The Kier molecular flexibility index (Phi) is 6.81. The van der Waals surface area contributed by atoms with Gasteiger partial charge in [0.15, 0.2) is 0 Å². The van der Waals surface area contributed by atoms with Crippen molar-refractivity contribution in [1.82, 2.24) is 14.8 Å². The number of rotatable bonds is 5. The van der Waals surface area contributed by atoms with E-state index in [2.05, 4.69) is 26.9 Å². The Balaban J connectivity index is 1.36. The predicted molar refractivity (Wildman–Crippen MR) is 116 cm³/mol. The fraction of sp³-hybridized carbons (Fsp3) is 0.478. The van der Waals surface area contributed by atoms with Crippen LogP contribution in [0.1, 0.15) is 22.5 Å². The Labute approximate surface area is 178 Å². The lowest BCUT2D eigenvalue weighted by Crippen LogP contribution is -2.37. The Morgan fingerprint density at radius 3 is 2.60 bits per heavy atom. The molecule has 0 radical (unpaired) electrons. The molecule has 1 aromatic carbocycles. The molecule has 0 bridgehead atoms. The molecule has 2 aliphatic rings. The van der Waals surface area contributed by atoms with Crippen molar-refractivity contribution in [3.63, 3.8) is 0 Å². The quantitative estimate of drug-likeness (QED) is 0.754. The number of nitrogens with zero attached hydrogens (tertiary/aromatic N) is 4. The second kappa shape index (κ2) is 9.91. The second-order valence-electron chi connectivity index (χ2n) is 7.77. The van der Waals surface area contributed by atoms with Crippen LogP contribution in [0.4, 0.5) is 5.69 Å². The van der Waals surface area contributed by atoms with Crippen molar-refractivity contribution >= 4 is 11.6 Å². The topological polar surface area (TPSA) is 58.1 Å². The molecule has 7 nitrogen and oxygen atoms in total. The molecule has 0 N–H and O–H groups in total. The van der Waals surface area contributed by atoms with Crippen molar-refractivity contribution in [3.05, 3.63) is 53.9 Å². The lowest BCUT2D eigenvalue weighted by Gasteiger charge is -2.29. The first-order valence-corrected chi connectivity index (χ1v) is 10.7. The molecule has 4 rings (SSSR count). The van der Waals surface area contributed by atoms with Gasteiger partial charge in [-0.1, -0.05) is 12.1 Å². The highest BCUT2D eigenvalue weighted by atomic mass is 16.5. The first-order valence-electron chi connectivity index (χ1n) is 10.7.